The molecule has 0 unspecified atom stereocenters. The Kier molecular flexibility index (Phi) is 8.54. The Bertz CT molecular complexity index is 1660. The van der Waals surface area contributed by atoms with Crippen molar-refractivity contribution in [2.45, 2.75) is 13.1 Å². The van der Waals surface area contributed by atoms with Crippen LogP contribution in [0.15, 0.2) is 70.3 Å². The molecular formula is C27H25IN4O7. The van der Waals surface area contributed by atoms with Gasteiger partial charge in [-0.25, -0.2) is 4.79 Å². The SMILES string of the molecule is COc1ccc(NC(=O)Cn2c(=O)c3ccccc3n(CC(=O)Nc3cc([123I])c(OC)cc3OC)c2=O)cc1. The average Bonchev–Trinajstić information content (AvgIpc) is 2.94. The number of nitrogens with zero attached hydrogens (tertiary/aromatic N) is 2. The fraction of sp³-hybridized carbons (Fsp3) is 0.185. The normalized spacial score (nSPS) is 10.7. The van der Waals surface area contributed by atoms with Crippen molar-refractivity contribution in [3.05, 3.63) is 85.1 Å². The molecular weight excluding hydrogens is 615 g/mol. The van der Waals surface area contributed by atoms with Crippen LogP contribution >= 0.6 is 22.6 Å². The van der Waals surface area contributed by atoms with Gasteiger partial charge >= 0.3 is 5.69 Å². The molecule has 2 amide bonds. The van der Waals surface area contributed by atoms with Crippen LogP contribution in [0.25, 0.3) is 10.9 Å². The number of amides is 2. The van der Waals surface area contributed by atoms with E-state index < -0.39 is 36.2 Å². The highest BCUT2D eigenvalue weighted by Gasteiger charge is 2.19. The molecule has 0 aliphatic rings. The number of methoxy groups -OCH3 is 3. The second-order valence-corrected chi connectivity index (χ2v) is 9.45. The molecule has 4 aromatic rings. The number of hydrogen-bond acceptors (Lipinski definition) is 7. The molecule has 3 aromatic carbocycles. The molecule has 0 saturated carbocycles. The summed E-state index contributed by atoms with van der Waals surface area (Å²) in [7, 11) is 4.51. The van der Waals surface area contributed by atoms with Crippen molar-refractivity contribution >= 4 is 56.7 Å². The summed E-state index contributed by atoms with van der Waals surface area (Å²) < 4.78 is 18.5. The van der Waals surface area contributed by atoms with E-state index in [1.165, 1.54) is 27.4 Å². The van der Waals surface area contributed by atoms with Gasteiger partial charge in [0.25, 0.3) is 5.56 Å². The van der Waals surface area contributed by atoms with Gasteiger partial charge in [0.15, 0.2) is 0 Å². The third-order valence-corrected chi connectivity index (χ3v) is 6.70. The first-order valence-electron chi connectivity index (χ1n) is 11.6. The molecule has 0 atom stereocenters. The number of hydrogen-bond donors (Lipinski definition) is 2. The van der Waals surface area contributed by atoms with Crippen molar-refractivity contribution in [2.75, 3.05) is 32.0 Å². The monoisotopic (exact) mass is 640 g/mol. The van der Waals surface area contributed by atoms with E-state index in [0.717, 1.165) is 12.7 Å². The minimum Gasteiger partial charge on any atom is -0.497 e. The summed E-state index contributed by atoms with van der Waals surface area (Å²) in [4.78, 5) is 52.4. The van der Waals surface area contributed by atoms with E-state index in [2.05, 4.69) is 33.2 Å². The second-order valence-electron chi connectivity index (χ2n) is 8.29. The first-order chi connectivity index (χ1) is 18.7. The number of aromatic nitrogens is 2. The molecule has 0 radical (unpaired) electrons. The number of benzene rings is 3. The van der Waals surface area contributed by atoms with E-state index in [9.17, 15) is 19.2 Å². The molecule has 202 valence electrons. The molecule has 1 aromatic heterocycles. The first-order valence-corrected chi connectivity index (χ1v) is 12.7. The van der Waals surface area contributed by atoms with Gasteiger partial charge in [-0.1, -0.05) is 12.1 Å². The van der Waals surface area contributed by atoms with Crippen LogP contribution in [-0.4, -0.2) is 42.3 Å². The predicted molar refractivity (Wildman–Crippen MR) is 155 cm³/mol. The molecule has 0 fully saturated rings. The lowest BCUT2D eigenvalue weighted by atomic mass is 10.2. The van der Waals surface area contributed by atoms with Gasteiger partial charge in [0.2, 0.25) is 11.8 Å². The number of fused-ring (bicyclic) bond motifs is 1. The minimum atomic E-state index is -0.796. The smallest absolute Gasteiger partial charge is 0.332 e. The molecule has 0 aliphatic carbocycles. The number of halogens is 1. The Balaban J connectivity index is 1.65. The van der Waals surface area contributed by atoms with Gasteiger partial charge in [-0.3, -0.25) is 23.5 Å². The molecule has 1 heterocycles. The number of nitrogens with one attached hydrogen (secondary N) is 2. The zero-order chi connectivity index (χ0) is 28.1. The molecule has 0 spiro atoms. The number of carbonyl (C=O) groups is 2. The van der Waals surface area contributed by atoms with Crippen LogP contribution in [0.2, 0.25) is 0 Å². The van der Waals surface area contributed by atoms with Gasteiger partial charge in [-0.05, 0) is 65.1 Å². The van der Waals surface area contributed by atoms with Gasteiger partial charge < -0.3 is 24.8 Å². The van der Waals surface area contributed by atoms with Gasteiger partial charge in [0.1, 0.15) is 30.3 Å². The third kappa shape index (κ3) is 6.06. The summed E-state index contributed by atoms with van der Waals surface area (Å²) in [5, 5.41) is 5.60. The van der Waals surface area contributed by atoms with Crippen molar-refractivity contribution in [3.63, 3.8) is 0 Å². The molecule has 2 N–H and O–H groups in total. The Hall–Kier alpha value is -4.33. The second kappa shape index (κ2) is 12.0. The van der Waals surface area contributed by atoms with E-state index in [4.69, 9.17) is 14.2 Å². The van der Waals surface area contributed by atoms with Crippen molar-refractivity contribution in [2.24, 2.45) is 0 Å². The first kappa shape index (κ1) is 27.7. The molecule has 0 saturated heterocycles. The van der Waals surface area contributed by atoms with E-state index in [0.29, 0.717) is 28.6 Å². The van der Waals surface area contributed by atoms with Crippen LogP contribution in [0.5, 0.6) is 17.2 Å². The van der Waals surface area contributed by atoms with E-state index in [1.807, 2.05) is 0 Å². The van der Waals surface area contributed by atoms with Crippen LogP contribution in [0.4, 0.5) is 11.4 Å². The van der Waals surface area contributed by atoms with Crippen LogP contribution in [0.1, 0.15) is 0 Å². The Morgan fingerprint density at radius 3 is 2.10 bits per heavy atom. The van der Waals surface area contributed by atoms with E-state index >= 15 is 0 Å². The molecule has 4 rings (SSSR count). The van der Waals surface area contributed by atoms with Crippen molar-refractivity contribution in [1.29, 1.82) is 0 Å². The maximum absolute atomic E-state index is 13.4. The van der Waals surface area contributed by atoms with Crippen molar-refractivity contribution in [3.8, 4) is 17.2 Å². The Morgan fingerprint density at radius 2 is 1.44 bits per heavy atom. The topological polar surface area (TPSA) is 130 Å². The number of para-hydroxylation sites is 1. The molecule has 12 heteroatoms. The van der Waals surface area contributed by atoms with Crippen LogP contribution in [0.3, 0.4) is 0 Å². The van der Waals surface area contributed by atoms with Crippen molar-refractivity contribution in [1.82, 2.24) is 9.13 Å². The highest BCUT2D eigenvalue weighted by molar-refractivity contribution is 14.1. The highest BCUT2D eigenvalue weighted by atomic mass is 123. The predicted octanol–water partition coefficient (Wildman–Crippen LogP) is 3.07. The van der Waals surface area contributed by atoms with Gasteiger partial charge in [0.05, 0.1) is 41.5 Å². The van der Waals surface area contributed by atoms with Crippen LogP contribution in [0, 0.1) is 3.57 Å². The lowest BCUT2D eigenvalue weighted by Crippen LogP contribution is -2.44. The van der Waals surface area contributed by atoms with E-state index in [1.54, 1.807) is 54.6 Å². The summed E-state index contributed by atoms with van der Waals surface area (Å²) in [6.07, 6.45) is 0. The van der Waals surface area contributed by atoms with Gasteiger partial charge in [-0.2, -0.15) is 0 Å². The number of anilines is 2. The summed E-state index contributed by atoms with van der Waals surface area (Å²) in [6.45, 7) is -0.952. The maximum atomic E-state index is 13.4. The van der Waals surface area contributed by atoms with Crippen molar-refractivity contribution < 1.29 is 23.8 Å². The summed E-state index contributed by atoms with van der Waals surface area (Å²) >= 11 is 2.07. The average molecular weight is 640 g/mol. The quantitative estimate of drug-likeness (QED) is 0.269. The van der Waals surface area contributed by atoms with E-state index in [-0.39, 0.29) is 10.9 Å². The number of carbonyl (C=O) groups excluding carboxylic acids is 2. The zero-order valence-electron chi connectivity index (χ0n) is 21.3. The lowest BCUT2D eigenvalue weighted by Gasteiger charge is -2.16. The van der Waals surface area contributed by atoms with Crippen LogP contribution in [-0.2, 0) is 22.7 Å². The molecule has 39 heavy (non-hydrogen) atoms. The van der Waals surface area contributed by atoms with Crippen LogP contribution < -0.4 is 36.1 Å². The number of rotatable bonds is 9. The maximum Gasteiger partial charge on any atom is 0.332 e. The number of ether oxygens (including phenoxy) is 3. The highest BCUT2D eigenvalue weighted by Crippen LogP contribution is 2.33. The third-order valence-electron chi connectivity index (χ3n) is 5.86. The Labute approximate surface area is 236 Å². The lowest BCUT2D eigenvalue weighted by molar-refractivity contribution is -0.117. The summed E-state index contributed by atoms with van der Waals surface area (Å²) in [5.41, 5.74) is -0.307. The zero-order valence-corrected chi connectivity index (χ0v) is 23.5. The fourth-order valence-electron chi connectivity index (χ4n) is 3.97. The largest absolute Gasteiger partial charge is 0.497 e. The Morgan fingerprint density at radius 1 is 0.795 bits per heavy atom. The molecule has 0 bridgehead atoms. The molecule has 0 aliphatic heterocycles. The summed E-state index contributed by atoms with van der Waals surface area (Å²) in [5.74, 6) is 0.449. The summed E-state index contributed by atoms with van der Waals surface area (Å²) in [6, 6.07) is 16.3. The standard InChI is InChI=1S/C27H25IN4O7/c1-37-17-10-8-16(9-11-17)29-24(33)15-32-26(35)18-6-4-5-7-21(18)31(27(32)36)14-25(34)30-20-12-19(28)22(38-2)13-23(20)39-3/h4-13H,14-15H2,1-3H3,(H,29,33)(H,30,34)/i28-4. The van der Waals surface area contributed by atoms with Gasteiger partial charge in [0, 0.05) is 11.8 Å². The fourth-order valence-corrected chi connectivity index (χ4v) is 4.66. The molecule has 11 nitrogen and oxygen atoms in total. The minimum absolute atomic E-state index is 0.193. The van der Waals surface area contributed by atoms with Gasteiger partial charge in [-0.15, -0.1) is 0 Å².